The van der Waals surface area contributed by atoms with Crippen LogP contribution in [0.4, 0.5) is 0 Å². The predicted octanol–water partition coefficient (Wildman–Crippen LogP) is 2.76. The molecule has 0 spiro atoms. The van der Waals surface area contributed by atoms with Crippen LogP contribution >= 0.6 is 11.6 Å². The average Bonchev–Trinajstić information content (AvgIpc) is 2.64. The minimum absolute atomic E-state index is 0.308. The van der Waals surface area contributed by atoms with Crippen molar-refractivity contribution in [3.63, 3.8) is 0 Å². The summed E-state index contributed by atoms with van der Waals surface area (Å²) < 4.78 is 5.03. The van der Waals surface area contributed by atoms with E-state index in [0.717, 1.165) is 5.56 Å². The maximum Gasteiger partial charge on any atom is 0.338 e. The fourth-order valence-corrected chi connectivity index (χ4v) is 2.42. The van der Waals surface area contributed by atoms with E-state index in [2.05, 4.69) is 15.3 Å². The Bertz CT molecular complexity index is 930. The number of hydrogen-bond donors (Lipinski definition) is 1. The zero-order valence-corrected chi connectivity index (χ0v) is 13.9. The third kappa shape index (κ3) is 4.51. The highest BCUT2D eigenvalue weighted by molar-refractivity contribution is 6.30. The number of nitrogens with zero attached hydrogens (tertiary/aromatic N) is 2. The molecule has 0 fully saturated rings. The van der Waals surface area contributed by atoms with E-state index >= 15 is 0 Å². The molecular formula is C18H14ClN3O3. The third-order valence-electron chi connectivity index (χ3n) is 3.42. The summed E-state index contributed by atoms with van der Waals surface area (Å²) >= 11 is 5.88. The molecule has 0 aliphatic heterocycles. The smallest absolute Gasteiger partial charge is 0.338 e. The van der Waals surface area contributed by atoms with Gasteiger partial charge in [0.05, 0.1) is 16.6 Å². The zero-order valence-electron chi connectivity index (χ0n) is 13.1. The molecule has 0 bridgehead atoms. The van der Waals surface area contributed by atoms with E-state index in [4.69, 9.17) is 16.3 Å². The Morgan fingerprint density at radius 2 is 1.84 bits per heavy atom. The van der Waals surface area contributed by atoms with Crippen LogP contribution in [0.5, 0.6) is 0 Å². The lowest BCUT2D eigenvalue weighted by Crippen LogP contribution is -2.28. The maximum absolute atomic E-state index is 12.0. The van der Waals surface area contributed by atoms with Gasteiger partial charge in [0.25, 0.3) is 5.91 Å². The van der Waals surface area contributed by atoms with Crippen molar-refractivity contribution in [1.29, 1.82) is 0 Å². The van der Waals surface area contributed by atoms with Crippen LogP contribution in [0.25, 0.3) is 11.0 Å². The molecule has 3 rings (SSSR count). The summed E-state index contributed by atoms with van der Waals surface area (Å²) in [6.45, 7) is -0.0551. The van der Waals surface area contributed by atoms with Gasteiger partial charge < -0.3 is 10.1 Å². The summed E-state index contributed by atoms with van der Waals surface area (Å²) in [6.07, 6.45) is 3.12. The summed E-state index contributed by atoms with van der Waals surface area (Å²) in [5, 5.41) is 3.26. The van der Waals surface area contributed by atoms with Crippen LogP contribution < -0.4 is 5.32 Å². The Hall–Kier alpha value is -2.99. The predicted molar refractivity (Wildman–Crippen MR) is 93.1 cm³/mol. The summed E-state index contributed by atoms with van der Waals surface area (Å²) in [5.41, 5.74) is 2.44. The van der Waals surface area contributed by atoms with Crippen LogP contribution in [-0.4, -0.2) is 28.5 Å². The van der Waals surface area contributed by atoms with Gasteiger partial charge in [-0.1, -0.05) is 23.7 Å². The minimum Gasteiger partial charge on any atom is -0.452 e. The minimum atomic E-state index is -0.592. The number of amides is 1. The number of nitrogens with one attached hydrogen (secondary N) is 1. The van der Waals surface area contributed by atoms with Crippen LogP contribution in [0.3, 0.4) is 0 Å². The van der Waals surface area contributed by atoms with E-state index in [1.165, 1.54) is 0 Å². The number of esters is 1. The summed E-state index contributed by atoms with van der Waals surface area (Å²) in [6, 6.07) is 12.0. The van der Waals surface area contributed by atoms with Crippen molar-refractivity contribution in [2.75, 3.05) is 6.61 Å². The van der Waals surface area contributed by atoms with E-state index in [-0.39, 0.29) is 6.61 Å². The molecule has 0 unspecified atom stereocenters. The third-order valence-corrected chi connectivity index (χ3v) is 3.65. The van der Waals surface area contributed by atoms with Gasteiger partial charge in [-0.2, -0.15) is 0 Å². The molecule has 3 aromatic rings. The Kier molecular flexibility index (Phi) is 5.20. The van der Waals surface area contributed by atoms with E-state index in [9.17, 15) is 9.59 Å². The number of fused-ring (bicyclic) bond motifs is 1. The second-order valence-electron chi connectivity index (χ2n) is 5.24. The Labute approximate surface area is 148 Å². The molecule has 6 nitrogen and oxygen atoms in total. The van der Waals surface area contributed by atoms with E-state index < -0.39 is 11.9 Å². The van der Waals surface area contributed by atoms with Crippen LogP contribution in [0.1, 0.15) is 15.9 Å². The van der Waals surface area contributed by atoms with Gasteiger partial charge in [-0.05, 0) is 35.9 Å². The number of benzene rings is 2. The number of rotatable bonds is 5. The second kappa shape index (κ2) is 7.72. The van der Waals surface area contributed by atoms with Crippen LogP contribution in [-0.2, 0) is 16.1 Å². The highest BCUT2D eigenvalue weighted by atomic mass is 35.5. The first kappa shape index (κ1) is 16.9. The number of aromatic nitrogens is 2. The van der Waals surface area contributed by atoms with Crippen molar-refractivity contribution in [3.05, 3.63) is 71.0 Å². The zero-order chi connectivity index (χ0) is 17.6. The van der Waals surface area contributed by atoms with Crippen LogP contribution in [0.2, 0.25) is 5.02 Å². The SMILES string of the molecule is O=C(COC(=O)c1ccc2nccnc2c1)NCc1cccc(Cl)c1. The first-order chi connectivity index (χ1) is 12.1. The lowest BCUT2D eigenvalue weighted by atomic mass is 10.2. The molecule has 1 amide bonds. The molecule has 1 heterocycles. The largest absolute Gasteiger partial charge is 0.452 e. The lowest BCUT2D eigenvalue weighted by Gasteiger charge is -2.07. The Morgan fingerprint density at radius 1 is 1.04 bits per heavy atom. The topological polar surface area (TPSA) is 81.2 Å². The van der Waals surface area contributed by atoms with Crippen LogP contribution in [0.15, 0.2) is 54.9 Å². The number of hydrogen-bond acceptors (Lipinski definition) is 5. The molecule has 7 heteroatoms. The summed E-state index contributed by atoms with van der Waals surface area (Å²) in [7, 11) is 0. The molecule has 0 radical (unpaired) electrons. The quantitative estimate of drug-likeness (QED) is 0.712. The maximum atomic E-state index is 12.0. The van der Waals surface area contributed by atoms with Crippen LogP contribution in [0, 0.1) is 0 Å². The molecule has 0 aliphatic rings. The molecule has 2 aromatic carbocycles. The summed E-state index contributed by atoms with van der Waals surface area (Å²) in [5.74, 6) is -0.987. The first-order valence-corrected chi connectivity index (χ1v) is 7.89. The van der Waals surface area contributed by atoms with Gasteiger partial charge >= 0.3 is 5.97 Å². The van der Waals surface area contributed by atoms with Gasteiger partial charge in [-0.25, -0.2) is 4.79 Å². The van der Waals surface area contributed by atoms with Gasteiger partial charge in [-0.3, -0.25) is 14.8 Å². The van der Waals surface area contributed by atoms with Gasteiger partial charge in [-0.15, -0.1) is 0 Å². The van der Waals surface area contributed by atoms with Crippen molar-refractivity contribution in [2.45, 2.75) is 6.54 Å². The molecule has 1 aromatic heterocycles. The molecule has 0 saturated heterocycles. The van der Waals surface area contributed by atoms with E-state index in [1.54, 1.807) is 48.8 Å². The summed E-state index contributed by atoms with van der Waals surface area (Å²) in [4.78, 5) is 32.1. The average molecular weight is 356 g/mol. The van der Waals surface area contributed by atoms with Crippen molar-refractivity contribution in [2.24, 2.45) is 0 Å². The molecule has 0 atom stereocenters. The fourth-order valence-electron chi connectivity index (χ4n) is 2.20. The van der Waals surface area contributed by atoms with Gasteiger partial charge in [0.1, 0.15) is 0 Å². The monoisotopic (exact) mass is 355 g/mol. The standard InChI is InChI=1S/C18H14ClN3O3/c19-14-3-1-2-12(8-14)10-22-17(23)11-25-18(24)13-4-5-15-16(9-13)21-7-6-20-15/h1-9H,10-11H2,(H,22,23). The molecule has 126 valence electrons. The van der Waals surface area contributed by atoms with Gasteiger partial charge in [0.2, 0.25) is 0 Å². The van der Waals surface area contributed by atoms with Crippen molar-refractivity contribution < 1.29 is 14.3 Å². The lowest BCUT2D eigenvalue weighted by molar-refractivity contribution is -0.124. The second-order valence-corrected chi connectivity index (χ2v) is 5.68. The molecule has 25 heavy (non-hydrogen) atoms. The van der Waals surface area contributed by atoms with Crippen molar-refractivity contribution in [1.82, 2.24) is 15.3 Å². The fraction of sp³-hybridized carbons (Fsp3) is 0.111. The van der Waals surface area contributed by atoms with E-state index in [0.29, 0.717) is 28.2 Å². The Morgan fingerprint density at radius 3 is 2.64 bits per heavy atom. The van der Waals surface area contributed by atoms with Gasteiger partial charge in [0.15, 0.2) is 6.61 Å². The first-order valence-electron chi connectivity index (χ1n) is 7.51. The highest BCUT2D eigenvalue weighted by Crippen LogP contribution is 2.12. The molecule has 1 N–H and O–H groups in total. The number of carbonyl (C=O) groups excluding carboxylic acids is 2. The number of ether oxygens (including phenoxy) is 1. The van der Waals surface area contributed by atoms with E-state index in [1.807, 2.05) is 6.07 Å². The van der Waals surface area contributed by atoms with Gasteiger partial charge in [0, 0.05) is 24.0 Å². The highest BCUT2D eigenvalue weighted by Gasteiger charge is 2.11. The van der Waals surface area contributed by atoms with Crippen molar-refractivity contribution in [3.8, 4) is 0 Å². The number of halogens is 1. The molecule has 0 aliphatic carbocycles. The molecule has 0 saturated carbocycles. The number of carbonyl (C=O) groups is 2. The van der Waals surface area contributed by atoms with Crippen molar-refractivity contribution >= 4 is 34.5 Å². The normalized spacial score (nSPS) is 10.4. The molecular weight excluding hydrogens is 342 g/mol. The Balaban J connectivity index is 1.53.